The summed E-state index contributed by atoms with van der Waals surface area (Å²) in [4.78, 5) is 7.51. The lowest BCUT2D eigenvalue weighted by atomic mass is 10.1. The van der Waals surface area contributed by atoms with E-state index in [4.69, 9.17) is 0 Å². The molecular weight excluding hydrogens is 246 g/mol. The molecule has 2 aromatic carbocycles. The normalized spacial score (nSPS) is 12.7. The van der Waals surface area contributed by atoms with E-state index in [-0.39, 0.29) is 6.04 Å². The Morgan fingerprint density at radius 3 is 2.75 bits per heavy atom. The molecule has 0 spiro atoms. The number of fused-ring (bicyclic) bond motifs is 1. The van der Waals surface area contributed by atoms with Crippen LogP contribution in [0.2, 0.25) is 0 Å². The van der Waals surface area contributed by atoms with Crippen LogP contribution in [0.15, 0.2) is 54.9 Å². The highest BCUT2D eigenvalue weighted by atomic mass is 15.0. The molecule has 1 unspecified atom stereocenters. The van der Waals surface area contributed by atoms with Crippen LogP contribution < -0.4 is 5.32 Å². The molecule has 0 fully saturated rings. The van der Waals surface area contributed by atoms with Crippen LogP contribution in [-0.2, 0) is 6.54 Å². The van der Waals surface area contributed by atoms with E-state index in [1.54, 1.807) is 6.20 Å². The van der Waals surface area contributed by atoms with Crippen molar-refractivity contribution in [3.05, 3.63) is 66.2 Å². The summed E-state index contributed by atoms with van der Waals surface area (Å²) in [6, 6.07) is 15.3. The smallest absolute Gasteiger partial charge is 0.123 e. The van der Waals surface area contributed by atoms with Crippen molar-refractivity contribution < 1.29 is 0 Å². The van der Waals surface area contributed by atoms with E-state index >= 15 is 0 Å². The topological polar surface area (TPSA) is 40.7 Å². The van der Waals surface area contributed by atoms with E-state index in [1.165, 1.54) is 16.3 Å². The zero-order valence-corrected chi connectivity index (χ0v) is 11.6. The van der Waals surface area contributed by atoms with Gasteiger partial charge in [0.1, 0.15) is 5.82 Å². The van der Waals surface area contributed by atoms with Gasteiger partial charge in [0.15, 0.2) is 0 Å². The summed E-state index contributed by atoms with van der Waals surface area (Å²) in [7, 11) is 0. The first kappa shape index (κ1) is 12.9. The van der Waals surface area contributed by atoms with Crippen molar-refractivity contribution in [2.45, 2.75) is 25.9 Å². The number of imidazole rings is 1. The lowest BCUT2D eigenvalue weighted by Gasteiger charge is -2.15. The molecular formula is C17H19N3. The number of aromatic amines is 1. The molecule has 1 heterocycles. The van der Waals surface area contributed by atoms with E-state index in [0.29, 0.717) is 0 Å². The zero-order chi connectivity index (χ0) is 13.8. The van der Waals surface area contributed by atoms with Crippen LogP contribution in [0.4, 0.5) is 0 Å². The number of aromatic nitrogens is 2. The lowest BCUT2D eigenvalue weighted by Crippen LogP contribution is -2.21. The van der Waals surface area contributed by atoms with Gasteiger partial charge in [0, 0.05) is 18.9 Å². The molecule has 0 bridgehead atoms. The Morgan fingerprint density at radius 1 is 1.15 bits per heavy atom. The fourth-order valence-electron chi connectivity index (χ4n) is 2.49. The minimum Gasteiger partial charge on any atom is -0.347 e. The molecule has 3 aromatic rings. The van der Waals surface area contributed by atoms with Crippen molar-refractivity contribution in [1.29, 1.82) is 0 Å². The van der Waals surface area contributed by atoms with Gasteiger partial charge < -0.3 is 10.3 Å². The van der Waals surface area contributed by atoms with Crippen molar-refractivity contribution in [3.8, 4) is 0 Å². The predicted octanol–water partition coefficient (Wildman–Crippen LogP) is 3.80. The number of benzene rings is 2. The quantitative estimate of drug-likeness (QED) is 0.736. The van der Waals surface area contributed by atoms with Gasteiger partial charge in [-0.05, 0) is 28.8 Å². The summed E-state index contributed by atoms with van der Waals surface area (Å²) in [5, 5.41) is 6.14. The van der Waals surface area contributed by atoms with E-state index in [1.807, 2.05) is 6.20 Å². The summed E-state index contributed by atoms with van der Waals surface area (Å²) in [6.45, 7) is 3.02. The minimum absolute atomic E-state index is 0.275. The van der Waals surface area contributed by atoms with E-state index in [0.717, 1.165) is 18.8 Å². The Hall–Kier alpha value is -2.13. The zero-order valence-electron chi connectivity index (χ0n) is 11.6. The van der Waals surface area contributed by atoms with Crippen molar-refractivity contribution in [2.75, 3.05) is 0 Å². The van der Waals surface area contributed by atoms with Crippen LogP contribution in [0.1, 0.15) is 30.8 Å². The molecule has 20 heavy (non-hydrogen) atoms. The van der Waals surface area contributed by atoms with Gasteiger partial charge in [-0.2, -0.15) is 0 Å². The van der Waals surface area contributed by atoms with Gasteiger partial charge in [-0.15, -0.1) is 0 Å². The van der Waals surface area contributed by atoms with Gasteiger partial charge in [-0.3, -0.25) is 0 Å². The minimum atomic E-state index is 0.275. The number of nitrogens with zero attached hydrogens (tertiary/aromatic N) is 1. The van der Waals surface area contributed by atoms with Crippen LogP contribution in [0.25, 0.3) is 10.8 Å². The van der Waals surface area contributed by atoms with Crippen molar-refractivity contribution >= 4 is 10.8 Å². The maximum atomic E-state index is 4.33. The number of hydrogen-bond acceptors (Lipinski definition) is 2. The van der Waals surface area contributed by atoms with Gasteiger partial charge in [0.05, 0.1) is 6.04 Å². The summed E-state index contributed by atoms with van der Waals surface area (Å²) >= 11 is 0. The maximum Gasteiger partial charge on any atom is 0.123 e. The SMILES string of the molecule is CCC(NCc1ccc2ccccc2c1)c1ncc[nH]1. The molecule has 0 amide bonds. The highest BCUT2D eigenvalue weighted by Crippen LogP contribution is 2.17. The Labute approximate surface area is 119 Å². The Morgan fingerprint density at radius 2 is 2.00 bits per heavy atom. The number of H-pyrrole nitrogens is 1. The maximum absolute atomic E-state index is 4.33. The number of hydrogen-bond donors (Lipinski definition) is 2. The molecule has 0 aliphatic heterocycles. The fourth-order valence-corrected chi connectivity index (χ4v) is 2.49. The third kappa shape index (κ3) is 2.73. The Balaban J connectivity index is 1.73. The highest BCUT2D eigenvalue weighted by molar-refractivity contribution is 5.82. The summed E-state index contributed by atoms with van der Waals surface area (Å²) in [5.41, 5.74) is 1.30. The molecule has 102 valence electrons. The van der Waals surface area contributed by atoms with Crippen LogP contribution in [0, 0.1) is 0 Å². The van der Waals surface area contributed by atoms with Crippen LogP contribution in [-0.4, -0.2) is 9.97 Å². The van der Waals surface area contributed by atoms with Crippen LogP contribution >= 0.6 is 0 Å². The molecule has 3 heteroatoms. The van der Waals surface area contributed by atoms with Crippen LogP contribution in [0.3, 0.4) is 0 Å². The van der Waals surface area contributed by atoms with Crippen molar-refractivity contribution in [2.24, 2.45) is 0 Å². The van der Waals surface area contributed by atoms with Crippen molar-refractivity contribution in [1.82, 2.24) is 15.3 Å². The number of nitrogens with one attached hydrogen (secondary N) is 2. The summed E-state index contributed by atoms with van der Waals surface area (Å²) in [6.07, 6.45) is 4.69. The van der Waals surface area contributed by atoms with E-state index < -0.39 is 0 Å². The van der Waals surface area contributed by atoms with Gasteiger partial charge in [0.2, 0.25) is 0 Å². The number of rotatable bonds is 5. The molecule has 2 N–H and O–H groups in total. The monoisotopic (exact) mass is 265 g/mol. The van der Waals surface area contributed by atoms with Gasteiger partial charge in [-0.25, -0.2) is 4.98 Å². The summed E-state index contributed by atoms with van der Waals surface area (Å²) < 4.78 is 0. The second-order valence-corrected chi connectivity index (χ2v) is 5.00. The molecule has 1 atom stereocenters. The first-order valence-electron chi connectivity index (χ1n) is 7.07. The molecule has 3 nitrogen and oxygen atoms in total. The largest absolute Gasteiger partial charge is 0.347 e. The lowest BCUT2D eigenvalue weighted by molar-refractivity contribution is 0.498. The Bertz CT molecular complexity index is 674. The third-order valence-electron chi connectivity index (χ3n) is 3.62. The second kappa shape index (κ2) is 5.88. The Kier molecular flexibility index (Phi) is 3.79. The molecule has 0 radical (unpaired) electrons. The molecule has 1 aromatic heterocycles. The van der Waals surface area contributed by atoms with Crippen molar-refractivity contribution in [3.63, 3.8) is 0 Å². The van der Waals surface area contributed by atoms with Gasteiger partial charge in [-0.1, -0.05) is 43.3 Å². The molecule has 0 saturated heterocycles. The molecule has 0 aliphatic rings. The highest BCUT2D eigenvalue weighted by Gasteiger charge is 2.10. The van der Waals surface area contributed by atoms with Crippen LogP contribution in [0.5, 0.6) is 0 Å². The first-order chi connectivity index (χ1) is 9.86. The molecule has 3 rings (SSSR count). The van der Waals surface area contributed by atoms with Gasteiger partial charge >= 0.3 is 0 Å². The summed E-state index contributed by atoms with van der Waals surface area (Å²) in [5.74, 6) is 1.01. The average Bonchev–Trinajstić information content (AvgIpc) is 3.02. The van der Waals surface area contributed by atoms with Gasteiger partial charge in [0.25, 0.3) is 0 Å². The second-order valence-electron chi connectivity index (χ2n) is 5.00. The third-order valence-corrected chi connectivity index (χ3v) is 3.62. The van der Waals surface area contributed by atoms with E-state index in [9.17, 15) is 0 Å². The van der Waals surface area contributed by atoms with E-state index in [2.05, 4.69) is 64.7 Å². The first-order valence-corrected chi connectivity index (χ1v) is 7.07. The predicted molar refractivity (Wildman–Crippen MR) is 82.4 cm³/mol. The molecule has 0 aliphatic carbocycles. The fraction of sp³-hybridized carbons (Fsp3) is 0.235. The standard InChI is InChI=1S/C17H19N3/c1-2-16(17-18-9-10-19-17)20-12-13-7-8-14-5-3-4-6-15(14)11-13/h3-11,16,20H,2,12H2,1H3,(H,18,19). The average molecular weight is 265 g/mol. The molecule has 0 saturated carbocycles.